The van der Waals surface area contributed by atoms with E-state index in [0.29, 0.717) is 29.4 Å². The van der Waals surface area contributed by atoms with Gasteiger partial charge < -0.3 is 10.1 Å². The molecule has 160 valence electrons. The molecule has 2 aromatic heterocycles. The van der Waals surface area contributed by atoms with E-state index in [2.05, 4.69) is 14.7 Å². The van der Waals surface area contributed by atoms with Crippen LogP contribution in [0.2, 0.25) is 0 Å². The van der Waals surface area contributed by atoms with Crippen LogP contribution in [0.1, 0.15) is 31.4 Å². The highest BCUT2D eigenvalue weighted by Crippen LogP contribution is 2.34. The Labute approximate surface area is 171 Å². The lowest BCUT2D eigenvalue weighted by Crippen LogP contribution is -2.44. The van der Waals surface area contributed by atoms with Crippen LogP contribution in [-0.4, -0.2) is 35.6 Å². The normalized spacial score (nSPS) is 20.5. The Morgan fingerprint density at radius 1 is 1.10 bits per heavy atom. The van der Waals surface area contributed by atoms with Crippen LogP contribution in [0.25, 0.3) is 22.2 Å². The molecule has 0 amide bonds. The van der Waals surface area contributed by atoms with Crippen LogP contribution in [0.5, 0.6) is 0 Å². The van der Waals surface area contributed by atoms with Crippen LogP contribution < -0.4 is 4.72 Å². The number of hydrogen-bond donors (Lipinski definition) is 3. The molecule has 1 aliphatic carbocycles. The van der Waals surface area contributed by atoms with Gasteiger partial charge in [-0.25, -0.2) is 18.1 Å². The summed E-state index contributed by atoms with van der Waals surface area (Å²) >= 11 is 0. The van der Waals surface area contributed by atoms with E-state index in [1.54, 1.807) is 18.2 Å². The molecule has 2 atom stereocenters. The number of aliphatic hydroxyl groups is 1. The number of pyridine rings is 1. The molecule has 0 saturated heterocycles. The van der Waals surface area contributed by atoms with Gasteiger partial charge in [-0.15, -0.1) is 0 Å². The van der Waals surface area contributed by atoms with Crippen molar-refractivity contribution in [3.63, 3.8) is 0 Å². The van der Waals surface area contributed by atoms with Gasteiger partial charge in [-0.3, -0.25) is 0 Å². The van der Waals surface area contributed by atoms with Crippen molar-refractivity contribution < 1.29 is 26.7 Å². The van der Waals surface area contributed by atoms with E-state index in [-0.39, 0.29) is 10.5 Å². The van der Waals surface area contributed by atoms with Gasteiger partial charge in [0.2, 0.25) is 10.0 Å². The Balaban J connectivity index is 1.63. The number of aromatic amines is 1. The molecule has 0 bridgehead atoms. The van der Waals surface area contributed by atoms with Gasteiger partial charge in [0.05, 0.1) is 11.0 Å². The van der Waals surface area contributed by atoms with E-state index >= 15 is 0 Å². The van der Waals surface area contributed by atoms with Gasteiger partial charge in [-0.1, -0.05) is 25.0 Å². The SMILES string of the molecule is O=S(=O)(N[C@@H]1CCCC[C@H]1O)c1ccc(-c2ccnc3[nH]c(C(F)(F)F)cc23)cc1. The fourth-order valence-electron chi connectivity index (χ4n) is 3.76. The first-order chi connectivity index (χ1) is 14.1. The number of aliphatic hydroxyl groups excluding tert-OH is 1. The molecule has 0 unspecified atom stereocenters. The number of hydrogen-bond acceptors (Lipinski definition) is 4. The van der Waals surface area contributed by atoms with Crippen molar-refractivity contribution in [2.75, 3.05) is 0 Å². The monoisotopic (exact) mass is 439 g/mol. The summed E-state index contributed by atoms with van der Waals surface area (Å²) < 4.78 is 66.9. The van der Waals surface area contributed by atoms with E-state index in [9.17, 15) is 26.7 Å². The summed E-state index contributed by atoms with van der Waals surface area (Å²) in [6, 6.07) is 7.93. The predicted octanol–water partition coefficient (Wildman–Crippen LogP) is 3.83. The van der Waals surface area contributed by atoms with Gasteiger partial charge >= 0.3 is 6.18 Å². The fraction of sp³-hybridized carbons (Fsp3) is 0.350. The van der Waals surface area contributed by atoms with Crippen molar-refractivity contribution in [3.8, 4) is 11.1 Å². The van der Waals surface area contributed by atoms with Gasteiger partial charge in [0.1, 0.15) is 11.3 Å². The Bertz CT molecular complexity index is 1160. The van der Waals surface area contributed by atoms with E-state index in [0.717, 1.165) is 18.9 Å². The third-order valence-corrected chi connectivity index (χ3v) is 6.85. The van der Waals surface area contributed by atoms with Crippen LogP contribution in [0.3, 0.4) is 0 Å². The molecule has 1 saturated carbocycles. The average molecular weight is 439 g/mol. The second-order valence-corrected chi connectivity index (χ2v) is 9.12. The molecule has 6 nitrogen and oxygen atoms in total. The zero-order valence-corrected chi connectivity index (χ0v) is 16.6. The minimum absolute atomic E-state index is 0.0272. The number of sulfonamides is 1. The molecule has 0 radical (unpaired) electrons. The number of nitrogens with one attached hydrogen (secondary N) is 2. The number of rotatable bonds is 4. The minimum atomic E-state index is -4.52. The van der Waals surface area contributed by atoms with E-state index in [1.165, 1.54) is 18.3 Å². The smallest absolute Gasteiger partial charge is 0.391 e. The second-order valence-electron chi connectivity index (χ2n) is 7.41. The first-order valence-corrected chi connectivity index (χ1v) is 11.0. The van der Waals surface area contributed by atoms with Crippen molar-refractivity contribution >= 4 is 21.1 Å². The fourth-order valence-corrected chi connectivity index (χ4v) is 5.07. The average Bonchev–Trinajstić information content (AvgIpc) is 3.15. The van der Waals surface area contributed by atoms with Crippen LogP contribution in [-0.2, 0) is 16.2 Å². The van der Waals surface area contributed by atoms with Gasteiger partial charge in [-0.2, -0.15) is 13.2 Å². The maximum atomic E-state index is 13.0. The Morgan fingerprint density at radius 2 is 1.80 bits per heavy atom. The molecule has 2 heterocycles. The van der Waals surface area contributed by atoms with Gasteiger partial charge in [0.25, 0.3) is 0 Å². The molecule has 1 aliphatic rings. The molecule has 4 rings (SSSR count). The number of halogens is 3. The lowest BCUT2D eigenvalue weighted by atomic mass is 9.93. The zero-order valence-electron chi connectivity index (χ0n) is 15.8. The number of aromatic nitrogens is 2. The predicted molar refractivity (Wildman–Crippen MR) is 105 cm³/mol. The van der Waals surface area contributed by atoms with Gasteiger partial charge in [-0.05, 0) is 48.2 Å². The summed E-state index contributed by atoms with van der Waals surface area (Å²) in [6.07, 6.45) is -1.00. The van der Waals surface area contributed by atoms with Crippen LogP contribution in [0.4, 0.5) is 13.2 Å². The van der Waals surface area contributed by atoms with Crippen molar-refractivity contribution in [1.29, 1.82) is 0 Å². The number of nitrogens with zero attached hydrogens (tertiary/aromatic N) is 1. The molecule has 10 heteroatoms. The highest BCUT2D eigenvalue weighted by Gasteiger charge is 2.33. The quantitative estimate of drug-likeness (QED) is 0.576. The lowest BCUT2D eigenvalue weighted by molar-refractivity contribution is -0.140. The Morgan fingerprint density at radius 3 is 2.47 bits per heavy atom. The van der Waals surface area contributed by atoms with E-state index in [1.807, 2.05) is 0 Å². The molecule has 3 N–H and O–H groups in total. The first-order valence-electron chi connectivity index (χ1n) is 9.51. The highest BCUT2D eigenvalue weighted by atomic mass is 32.2. The summed E-state index contributed by atoms with van der Waals surface area (Å²) in [5.41, 5.74) is 0.273. The van der Waals surface area contributed by atoms with E-state index in [4.69, 9.17) is 0 Å². The topological polar surface area (TPSA) is 95.1 Å². The van der Waals surface area contributed by atoms with Crippen LogP contribution >= 0.6 is 0 Å². The largest absolute Gasteiger partial charge is 0.431 e. The molecule has 0 aliphatic heterocycles. The first kappa shape index (κ1) is 20.8. The van der Waals surface area contributed by atoms with E-state index < -0.39 is 34.0 Å². The Hall–Kier alpha value is -2.43. The molecular formula is C20H20F3N3O3S. The lowest BCUT2D eigenvalue weighted by Gasteiger charge is -2.28. The van der Waals surface area contributed by atoms with Crippen molar-refractivity contribution in [1.82, 2.24) is 14.7 Å². The zero-order chi connectivity index (χ0) is 21.5. The van der Waals surface area contributed by atoms with Gasteiger partial charge in [0, 0.05) is 17.6 Å². The van der Waals surface area contributed by atoms with Crippen molar-refractivity contribution in [2.24, 2.45) is 0 Å². The number of alkyl halides is 3. The molecule has 30 heavy (non-hydrogen) atoms. The molecule has 1 fully saturated rings. The summed E-state index contributed by atoms with van der Waals surface area (Å²) in [7, 11) is -3.83. The van der Waals surface area contributed by atoms with Crippen LogP contribution in [0, 0.1) is 0 Å². The Kier molecular flexibility index (Phi) is 5.33. The van der Waals surface area contributed by atoms with Crippen molar-refractivity contribution in [2.45, 2.75) is 48.9 Å². The maximum Gasteiger partial charge on any atom is 0.431 e. The standard InChI is InChI=1S/C20H20F3N3O3S/c21-20(22,23)18-11-15-14(9-10-24-19(15)25-18)12-5-7-13(8-6-12)30(28,29)26-16-3-1-2-4-17(16)27/h5-11,16-17,26-27H,1-4H2,(H,24,25)/t16-,17-/m1/s1. The number of fused-ring (bicyclic) bond motifs is 1. The summed E-state index contributed by atoms with van der Waals surface area (Å²) in [4.78, 5) is 6.24. The molecule has 0 spiro atoms. The summed E-state index contributed by atoms with van der Waals surface area (Å²) in [5, 5.41) is 10.3. The van der Waals surface area contributed by atoms with Crippen molar-refractivity contribution in [3.05, 3.63) is 48.3 Å². The third kappa shape index (κ3) is 4.07. The maximum absolute atomic E-state index is 13.0. The highest BCUT2D eigenvalue weighted by molar-refractivity contribution is 7.89. The molecule has 1 aromatic carbocycles. The second kappa shape index (κ2) is 7.68. The molecule has 3 aromatic rings. The minimum Gasteiger partial charge on any atom is -0.391 e. The number of benzene rings is 1. The number of H-pyrrole nitrogens is 1. The van der Waals surface area contributed by atoms with Crippen LogP contribution in [0.15, 0.2) is 47.5 Å². The van der Waals surface area contributed by atoms with Gasteiger partial charge in [0.15, 0.2) is 0 Å². The molecular weight excluding hydrogens is 419 g/mol. The summed E-state index contributed by atoms with van der Waals surface area (Å²) in [5.74, 6) is 0. The summed E-state index contributed by atoms with van der Waals surface area (Å²) in [6.45, 7) is 0. The third-order valence-electron chi connectivity index (χ3n) is 5.35.